The number of carbonyl (C=O) groups excluding carboxylic acids is 1. The smallest absolute Gasteiger partial charge is 0.246 e. The van der Waals surface area contributed by atoms with Gasteiger partial charge in [0.1, 0.15) is 5.75 Å². The van der Waals surface area contributed by atoms with Gasteiger partial charge in [0.25, 0.3) is 0 Å². The maximum Gasteiger partial charge on any atom is 0.246 e. The Morgan fingerprint density at radius 3 is 2.48 bits per heavy atom. The van der Waals surface area contributed by atoms with E-state index in [0.717, 1.165) is 50.5 Å². The van der Waals surface area contributed by atoms with Crippen LogP contribution in [0.25, 0.3) is 6.08 Å². The van der Waals surface area contributed by atoms with Crippen molar-refractivity contribution < 1.29 is 9.53 Å². The molecule has 1 aliphatic heterocycles. The second-order valence-electron chi connectivity index (χ2n) is 6.69. The Morgan fingerprint density at radius 1 is 1.04 bits per heavy atom. The second-order valence-corrected chi connectivity index (χ2v) is 7.12. The summed E-state index contributed by atoms with van der Waals surface area (Å²) in [4.78, 5) is 16.8. The summed E-state index contributed by atoms with van der Waals surface area (Å²) in [6, 6.07) is 15.7. The average Bonchev–Trinajstić information content (AvgIpc) is 2.93. The Balaban J connectivity index is 1.52. The van der Waals surface area contributed by atoms with Gasteiger partial charge < -0.3 is 9.64 Å². The van der Waals surface area contributed by atoms with E-state index < -0.39 is 0 Å². The highest BCUT2D eigenvalue weighted by atomic mass is 35.5. The number of ether oxygens (including phenoxy) is 1. The van der Waals surface area contributed by atoms with Crippen molar-refractivity contribution in [3.8, 4) is 5.75 Å². The molecule has 0 spiro atoms. The molecule has 1 fully saturated rings. The highest BCUT2D eigenvalue weighted by Crippen LogP contribution is 2.15. The molecule has 1 aliphatic rings. The van der Waals surface area contributed by atoms with E-state index in [1.807, 2.05) is 47.4 Å². The van der Waals surface area contributed by atoms with Crippen LogP contribution in [0, 0.1) is 0 Å². The molecule has 0 bridgehead atoms. The Labute approximate surface area is 166 Å². The number of benzene rings is 2. The quantitative estimate of drug-likeness (QED) is 0.728. The Kier molecular flexibility index (Phi) is 6.91. The zero-order valence-corrected chi connectivity index (χ0v) is 16.4. The van der Waals surface area contributed by atoms with Gasteiger partial charge in [-0.3, -0.25) is 9.69 Å². The SMILES string of the molecule is COc1ccc(CN2CCCN(C(=O)/C=C/c3ccc(Cl)cc3)CC2)cc1. The lowest BCUT2D eigenvalue weighted by Gasteiger charge is -2.21. The van der Waals surface area contributed by atoms with Gasteiger partial charge in [-0.05, 0) is 47.9 Å². The summed E-state index contributed by atoms with van der Waals surface area (Å²) in [5.74, 6) is 0.940. The van der Waals surface area contributed by atoms with E-state index in [4.69, 9.17) is 16.3 Å². The maximum atomic E-state index is 12.5. The van der Waals surface area contributed by atoms with Crippen molar-refractivity contribution in [1.82, 2.24) is 9.80 Å². The van der Waals surface area contributed by atoms with Crippen LogP contribution in [0.3, 0.4) is 0 Å². The van der Waals surface area contributed by atoms with Crippen LogP contribution in [0.2, 0.25) is 5.02 Å². The van der Waals surface area contributed by atoms with E-state index in [2.05, 4.69) is 17.0 Å². The van der Waals surface area contributed by atoms with Crippen LogP contribution in [0.1, 0.15) is 17.5 Å². The molecule has 0 atom stereocenters. The summed E-state index contributed by atoms with van der Waals surface area (Å²) in [7, 11) is 1.68. The summed E-state index contributed by atoms with van der Waals surface area (Å²) < 4.78 is 5.21. The third-order valence-corrected chi connectivity index (χ3v) is 5.01. The number of hydrogen-bond acceptors (Lipinski definition) is 3. The number of hydrogen-bond donors (Lipinski definition) is 0. The molecule has 0 saturated carbocycles. The minimum Gasteiger partial charge on any atom is -0.497 e. The summed E-state index contributed by atoms with van der Waals surface area (Å²) in [6.45, 7) is 4.32. The van der Waals surface area contributed by atoms with E-state index in [1.54, 1.807) is 13.2 Å². The molecule has 0 aliphatic carbocycles. The van der Waals surface area contributed by atoms with Crippen molar-refractivity contribution in [2.24, 2.45) is 0 Å². The number of halogens is 1. The standard InChI is InChI=1S/C22H25ClN2O2/c1-27-21-10-5-19(6-11-21)17-24-13-2-14-25(16-15-24)22(26)12-7-18-3-8-20(23)9-4-18/h3-12H,2,13-17H2,1H3/b12-7+. The van der Waals surface area contributed by atoms with Crippen LogP contribution in [-0.4, -0.2) is 49.0 Å². The predicted octanol–water partition coefficient (Wildman–Crippen LogP) is 4.10. The van der Waals surface area contributed by atoms with Gasteiger partial charge in [0.15, 0.2) is 0 Å². The number of methoxy groups -OCH3 is 1. The number of amides is 1. The molecule has 0 N–H and O–H groups in total. The van der Waals surface area contributed by atoms with Gasteiger partial charge in [-0.15, -0.1) is 0 Å². The molecule has 4 nitrogen and oxygen atoms in total. The number of nitrogens with zero attached hydrogens (tertiary/aromatic N) is 2. The zero-order valence-electron chi connectivity index (χ0n) is 15.6. The van der Waals surface area contributed by atoms with E-state index in [0.29, 0.717) is 5.02 Å². The van der Waals surface area contributed by atoms with Crippen molar-refractivity contribution in [2.75, 3.05) is 33.3 Å². The molecule has 27 heavy (non-hydrogen) atoms. The first-order valence-electron chi connectivity index (χ1n) is 9.22. The van der Waals surface area contributed by atoms with Gasteiger partial charge in [0.05, 0.1) is 7.11 Å². The van der Waals surface area contributed by atoms with Crippen LogP contribution in [0.15, 0.2) is 54.6 Å². The second kappa shape index (κ2) is 9.58. The molecule has 0 aromatic heterocycles. The van der Waals surface area contributed by atoms with Gasteiger partial charge in [-0.1, -0.05) is 35.9 Å². The topological polar surface area (TPSA) is 32.8 Å². The Morgan fingerprint density at radius 2 is 1.78 bits per heavy atom. The molecular weight excluding hydrogens is 360 g/mol. The largest absolute Gasteiger partial charge is 0.497 e. The van der Waals surface area contributed by atoms with Crippen LogP contribution in [0.5, 0.6) is 5.75 Å². The lowest BCUT2D eigenvalue weighted by molar-refractivity contribution is -0.125. The molecule has 1 saturated heterocycles. The first-order valence-corrected chi connectivity index (χ1v) is 9.60. The van der Waals surface area contributed by atoms with Crippen molar-refractivity contribution >= 4 is 23.6 Å². The highest BCUT2D eigenvalue weighted by molar-refractivity contribution is 6.30. The first-order chi connectivity index (χ1) is 13.1. The van der Waals surface area contributed by atoms with Gasteiger partial charge in [0, 0.05) is 43.8 Å². The molecule has 142 valence electrons. The van der Waals surface area contributed by atoms with Crippen molar-refractivity contribution in [3.63, 3.8) is 0 Å². The maximum absolute atomic E-state index is 12.5. The van der Waals surface area contributed by atoms with Crippen LogP contribution in [-0.2, 0) is 11.3 Å². The lowest BCUT2D eigenvalue weighted by atomic mass is 10.2. The van der Waals surface area contributed by atoms with E-state index >= 15 is 0 Å². The predicted molar refractivity (Wildman–Crippen MR) is 110 cm³/mol. The van der Waals surface area contributed by atoms with Crippen LogP contribution < -0.4 is 4.74 Å². The first kappa shape index (κ1) is 19.5. The fraction of sp³-hybridized carbons (Fsp3) is 0.318. The lowest BCUT2D eigenvalue weighted by Crippen LogP contribution is -2.34. The summed E-state index contributed by atoms with van der Waals surface area (Å²) >= 11 is 5.89. The molecule has 5 heteroatoms. The van der Waals surface area contributed by atoms with Crippen molar-refractivity contribution in [3.05, 3.63) is 70.8 Å². The van der Waals surface area contributed by atoms with E-state index in [9.17, 15) is 4.79 Å². The highest BCUT2D eigenvalue weighted by Gasteiger charge is 2.17. The Hall–Kier alpha value is -2.30. The molecular formula is C22H25ClN2O2. The fourth-order valence-electron chi connectivity index (χ4n) is 3.19. The van der Waals surface area contributed by atoms with Crippen LogP contribution in [0.4, 0.5) is 0 Å². The van der Waals surface area contributed by atoms with Crippen LogP contribution >= 0.6 is 11.6 Å². The minimum atomic E-state index is 0.0660. The van der Waals surface area contributed by atoms with E-state index in [-0.39, 0.29) is 5.91 Å². The normalized spacial score (nSPS) is 15.7. The zero-order chi connectivity index (χ0) is 19.1. The molecule has 3 rings (SSSR count). The summed E-state index contributed by atoms with van der Waals surface area (Å²) in [6.07, 6.45) is 4.48. The minimum absolute atomic E-state index is 0.0660. The monoisotopic (exact) mass is 384 g/mol. The van der Waals surface area contributed by atoms with Gasteiger partial charge >= 0.3 is 0 Å². The third kappa shape index (κ3) is 5.84. The Bertz CT molecular complexity index is 772. The molecule has 0 radical (unpaired) electrons. The van der Waals surface area contributed by atoms with Crippen molar-refractivity contribution in [1.29, 1.82) is 0 Å². The molecule has 1 amide bonds. The fourth-order valence-corrected chi connectivity index (χ4v) is 3.31. The van der Waals surface area contributed by atoms with Crippen molar-refractivity contribution in [2.45, 2.75) is 13.0 Å². The molecule has 2 aromatic rings. The van der Waals surface area contributed by atoms with Gasteiger partial charge in [0.2, 0.25) is 5.91 Å². The average molecular weight is 385 g/mol. The number of carbonyl (C=O) groups is 1. The summed E-state index contributed by atoms with van der Waals surface area (Å²) in [5.41, 5.74) is 2.24. The van der Waals surface area contributed by atoms with Gasteiger partial charge in [-0.2, -0.15) is 0 Å². The molecule has 0 unspecified atom stereocenters. The summed E-state index contributed by atoms with van der Waals surface area (Å²) in [5, 5.41) is 0.697. The third-order valence-electron chi connectivity index (χ3n) is 4.75. The van der Waals surface area contributed by atoms with Gasteiger partial charge in [-0.25, -0.2) is 0 Å². The molecule has 2 aromatic carbocycles. The molecule has 1 heterocycles. The number of rotatable bonds is 5. The van der Waals surface area contributed by atoms with E-state index in [1.165, 1.54) is 5.56 Å².